The summed E-state index contributed by atoms with van der Waals surface area (Å²) in [5.41, 5.74) is 3.44. The Morgan fingerprint density at radius 3 is 2.40 bits per heavy atom. The van der Waals surface area contributed by atoms with Crippen LogP contribution in [0, 0.1) is 0 Å². The predicted molar refractivity (Wildman–Crippen MR) is 92.7 cm³/mol. The largest absolute Gasteiger partial charge is 0.478 e. The smallest absolute Gasteiger partial charge is 0.335 e. The minimum Gasteiger partial charge on any atom is -0.478 e. The third kappa shape index (κ3) is 3.52. The lowest BCUT2D eigenvalue weighted by atomic mass is 10.1. The maximum atomic E-state index is 12.3. The summed E-state index contributed by atoms with van der Waals surface area (Å²) in [4.78, 5) is 36.4. The Kier molecular flexibility index (Phi) is 4.52. The molecule has 0 spiro atoms. The second-order valence-electron chi connectivity index (χ2n) is 5.95. The van der Waals surface area contributed by atoms with Gasteiger partial charge in [-0.25, -0.2) is 4.79 Å². The van der Waals surface area contributed by atoms with Crippen molar-refractivity contribution in [2.75, 3.05) is 11.4 Å². The molecule has 0 bridgehead atoms. The zero-order chi connectivity index (χ0) is 18.0. The summed E-state index contributed by atoms with van der Waals surface area (Å²) in [6.07, 6.45) is 0.743. The van der Waals surface area contributed by atoms with E-state index in [4.69, 9.17) is 5.11 Å². The highest BCUT2D eigenvalue weighted by atomic mass is 16.4. The van der Waals surface area contributed by atoms with E-state index < -0.39 is 5.97 Å². The molecule has 3 rings (SSSR count). The first-order valence-corrected chi connectivity index (χ1v) is 7.97. The van der Waals surface area contributed by atoms with Crippen LogP contribution in [0.5, 0.6) is 0 Å². The molecule has 1 aliphatic rings. The Balaban J connectivity index is 1.66. The fourth-order valence-electron chi connectivity index (χ4n) is 2.92. The number of nitrogens with zero attached hydrogens (tertiary/aromatic N) is 1. The molecule has 0 saturated heterocycles. The van der Waals surface area contributed by atoms with Crippen molar-refractivity contribution in [2.24, 2.45) is 0 Å². The fourth-order valence-corrected chi connectivity index (χ4v) is 2.92. The van der Waals surface area contributed by atoms with Gasteiger partial charge in [-0.2, -0.15) is 0 Å². The highest BCUT2D eigenvalue weighted by molar-refractivity contribution is 5.97. The van der Waals surface area contributed by atoms with Gasteiger partial charge in [0.05, 0.1) is 5.56 Å². The number of benzene rings is 2. The van der Waals surface area contributed by atoms with Gasteiger partial charge in [-0.15, -0.1) is 0 Å². The van der Waals surface area contributed by atoms with Crippen LogP contribution in [-0.2, 0) is 17.8 Å². The summed E-state index contributed by atoms with van der Waals surface area (Å²) >= 11 is 0. The number of nitrogens with one attached hydrogen (secondary N) is 1. The Labute approximate surface area is 145 Å². The van der Waals surface area contributed by atoms with E-state index in [0.717, 1.165) is 23.2 Å². The van der Waals surface area contributed by atoms with E-state index in [-0.39, 0.29) is 17.4 Å². The van der Waals surface area contributed by atoms with Gasteiger partial charge in [-0.1, -0.05) is 12.1 Å². The maximum Gasteiger partial charge on any atom is 0.335 e. The van der Waals surface area contributed by atoms with Crippen molar-refractivity contribution in [3.8, 4) is 0 Å². The third-order valence-electron chi connectivity index (χ3n) is 4.27. The molecule has 0 unspecified atom stereocenters. The molecular weight excluding hydrogens is 320 g/mol. The Morgan fingerprint density at radius 1 is 1.08 bits per heavy atom. The Hall–Kier alpha value is -3.15. The molecule has 0 fully saturated rings. The molecule has 2 aromatic rings. The van der Waals surface area contributed by atoms with Crippen LogP contribution in [0.15, 0.2) is 42.5 Å². The standard InChI is InChI=1S/C19H18N2O4/c1-12(22)21-9-8-15-10-16(6-7-17(15)21)18(23)20-11-13-2-4-14(5-3-13)19(24)25/h2-7,10H,8-9,11H2,1H3,(H,20,23)(H,24,25). The Morgan fingerprint density at radius 2 is 1.76 bits per heavy atom. The van der Waals surface area contributed by atoms with Crippen LogP contribution in [0.25, 0.3) is 0 Å². The number of hydrogen-bond acceptors (Lipinski definition) is 3. The molecule has 1 aliphatic heterocycles. The van der Waals surface area contributed by atoms with Gasteiger partial charge in [0, 0.05) is 31.3 Å². The normalized spacial score (nSPS) is 12.6. The molecule has 0 aromatic heterocycles. The van der Waals surface area contributed by atoms with Crippen molar-refractivity contribution in [2.45, 2.75) is 19.9 Å². The summed E-state index contributed by atoms with van der Waals surface area (Å²) in [5, 5.41) is 11.7. The molecule has 1 heterocycles. The van der Waals surface area contributed by atoms with Gasteiger partial charge in [0.25, 0.3) is 5.91 Å². The second kappa shape index (κ2) is 6.76. The minimum absolute atomic E-state index is 0.000703. The van der Waals surface area contributed by atoms with Gasteiger partial charge in [-0.05, 0) is 47.9 Å². The molecule has 2 aromatic carbocycles. The molecule has 2 N–H and O–H groups in total. The molecule has 2 amide bonds. The number of hydrogen-bond donors (Lipinski definition) is 2. The molecular formula is C19H18N2O4. The summed E-state index contributed by atoms with van der Waals surface area (Å²) < 4.78 is 0. The van der Waals surface area contributed by atoms with E-state index in [9.17, 15) is 14.4 Å². The number of carboxylic acid groups (broad SMARTS) is 1. The lowest BCUT2D eigenvalue weighted by Crippen LogP contribution is -2.26. The Bertz CT molecular complexity index is 843. The van der Waals surface area contributed by atoms with Gasteiger partial charge in [-0.3, -0.25) is 9.59 Å². The first-order chi connectivity index (χ1) is 12.0. The van der Waals surface area contributed by atoms with Gasteiger partial charge in [0.15, 0.2) is 0 Å². The molecule has 0 aliphatic carbocycles. The SMILES string of the molecule is CC(=O)N1CCc2cc(C(=O)NCc3ccc(C(=O)O)cc3)ccc21. The highest BCUT2D eigenvalue weighted by Crippen LogP contribution is 2.28. The number of amides is 2. The topological polar surface area (TPSA) is 86.7 Å². The molecule has 0 saturated carbocycles. The monoisotopic (exact) mass is 338 g/mol. The predicted octanol–water partition coefficient (Wildman–Crippen LogP) is 2.22. The fraction of sp³-hybridized carbons (Fsp3) is 0.211. The highest BCUT2D eigenvalue weighted by Gasteiger charge is 2.23. The molecule has 25 heavy (non-hydrogen) atoms. The van der Waals surface area contributed by atoms with E-state index in [1.54, 1.807) is 29.2 Å². The summed E-state index contributed by atoms with van der Waals surface area (Å²) in [6, 6.07) is 11.7. The van der Waals surface area contributed by atoms with E-state index in [1.165, 1.54) is 19.1 Å². The zero-order valence-electron chi connectivity index (χ0n) is 13.8. The molecule has 128 valence electrons. The number of carboxylic acids is 1. The van der Waals surface area contributed by atoms with Crippen LogP contribution in [0.3, 0.4) is 0 Å². The zero-order valence-corrected chi connectivity index (χ0v) is 13.8. The van der Waals surface area contributed by atoms with E-state index in [0.29, 0.717) is 18.7 Å². The van der Waals surface area contributed by atoms with Gasteiger partial charge < -0.3 is 15.3 Å². The van der Waals surface area contributed by atoms with Gasteiger partial charge in [0.1, 0.15) is 0 Å². The summed E-state index contributed by atoms with van der Waals surface area (Å²) in [7, 11) is 0. The molecule has 0 atom stereocenters. The van der Waals surface area contributed by atoms with Gasteiger partial charge in [0.2, 0.25) is 5.91 Å². The van der Waals surface area contributed by atoms with E-state index in [2.05, 4.69) is 5.32 Å². The number of anilines is 1. The molecule has 0 radical (unpaired) electrons. The van der Waals surface area contributed by atoms with Crippen LogP contribution in [0.2, 0.25) is 0 Å². The summed E-state index contributed by atoms with van der Waals surface area (Å²) in [6.45, 7) is 2.49. The lowest BCUT2D eigenvalue weighted by molar-refractivity contribution is -0.116. The van der Waals surface area contributed by atoms with Crippen LogP contribution in [0.4, 0.5) is 5.69 Å². The van der Waals surface area contributed by atoms with Crippen molar-refractivity contribution in [3.05, 3.63) is 64.7 Å². The molecule has 6 nitrogen and oxygen atoms in total. The van der Waals surface area contributed by atoms with Gasteiger partial charge >= 0.3 is 5.97 Å². The maximum absolute atomic E-state index is 12.3. The lowest BCUT2D eigenvalue weighted by Gasteiger charge is -2.14. The molecule has 6 heteroatoms. The first-order valence-electron chi connectivity index (χ1n) is 7.97. The van der Waals surface area contributed by atoms with Crippen molar-refractivity contribution in [3.63, 3.8) is 0 Å². The second-order valence-corrected chi connectivity index (χ2v) is 5.95. The quantitative estimate of drug-likeness (QED) is 0.895. The van der Waals surface area contributed by atoms with Crippen molar-refractivity contribution >= 4 is 23.5 Å². The van der Waals surface area contributed by atoms with E-state index >= 15 is 0 Å². The number of aromatic carboxylic acids is 1. The third-order valence-corrected chi connectivity index (χ3v) is 4.27. The van der Waals surface area contributed by atoms with Crippen molar-refractivity contribution in [1.82, 2.24) is 5.32 Å². The van der Waals surface area contributed by atoms with Crippen LogP contribution >= 0.6 is 0 Å². The van der Waals surface area contributed by atoms with Crippen LogP contribution < -0.4 is 10.2 Å². The first kappa shape index (κ1) is 16.7. The summed E-state index contributed by atoms with van der Waals surface area (Å²) in [5.74, 6) is -1.18. The number of carbonyl (C=O) groups excluding carboxylic acids is 2. The van der Waals surface area contributed by atoms with Crippen molar-refractivity contribution < 1.29 is 19.5 Å². The van der Waals surface area contributed by atoms with E-state index in [1.807, 2.05) is 6.07 Å². The van der Waals surface area contributed by atoms with Crippen molar-refractivity contribution in [1.29, 1.82) is 0 Å². The average molecular weight is 338 g/mol. The number of fused-ring (bicyclic) bond motifs is 1. The number of carbonyl (C=O) groups is 3. The minimum atomic E-state index is -0.978. The average Bonchev–Trinajstić information content (AvgIpc) is 3.03. The van der Waals surface area contributed by atoms with Crippen LogP contribution in [0.1, 0.15) is 38.8 Å². The number of rotatable bonds is 4. The van der Waals surface area contributed by atoms with Crippen LogP contribution in [-0.4, -0.2) is 29.4 Å².